The number of para-hydroxylation sites is 1. The van der Waals surface area contributed by atoms with Gasteiger partial charge in [-0.2, -0.15) is 0 Å². The fraction of sp³-hybridized carbons (Fsp3) is 0.562. The molecule has 1 aromatic rings. The first-order valence-corrected chi connectivity index (χ1v) is 7.52. The summed E-state index contributed by atoms with van der Waals surface area (Å²) in [6, 6.07) is 7.22. The SMILES string of the molecule is CN(CCOc1ccccc1C(=O)[O-])C1CC[NH+](C)CC1. The molecule has 1 N–H and O–H groups in total. The van der Waals surface area contributed by atoms with Gasteiger partial charge in [0, 0.05) is 31.0 Å². The fourth-order valence-corrected chi connectivity index (χ4v) is 2.78. The minimum Gasteiger partial charge on any atom is -0.545 e. The number of quaternary nitrogens is 1. The third-order valence-electron chi connectivity index (χ3n) is 4.24. The Morgan fingerprint density at radius 2 is 2.05 bits per heavy atom. The van der Waals surface area contributed by atoms with E-state index in [0.717, 1.165) is 6.54 Å². The number of piperidine rings is 1. The van der Waals surface area contributed by atoms with Crippen LogP contribution in [0.4, 0.5) is 0 Å². The monoisotopic (exact) mass is 292 g/mol. The van der Waals surface area contributed by atoms with Crippen LogP contribution in [0.5, 0.6) is 5.75 Å². The highest BCUT2D eigenvalue weighted by atomic mass is 16.5. The average molecular weight is 292 g/mol. The Morgan fingerprint density at radius 3 is 2.71 bits per heavy atom. The van der Waals surface area contributed by atoms with Gasteiger partial charge in [0.05, 0.1) is 26.1 Å². The number of likely N-dealkylation sites (tertiary alicyclic amines) is 1. The van der Waals surface area contributed by atoms with Crippen LogP contribution in [0.3, 0.4) is 0 Å². The van der Waals surface area contributed by atoms with Crippen molar-refractivity contribution in [3.63, 3.8) is 0 Å². The van der Waals surface area contributed by atoms with Crippen LogP contribution in [0.25, 0.3) is 0 Å². The molecule has 0 aromatic heterocycles. The molecule has 2 rings (SSSR count). The minimum absolute atomic E-state index is 0.114. The summed E-state index contributed by atoms with van der Waals surface area (Å²) in [6.07, 6.45) is 2.41. The smallest absolute Gasteiger partial charge is 0.128 e. The molecule has 116 valence electrons. The van der Waals surface area contributed by atoms with Crippen LogP contribution in [0.15, 0.2) is 24.3 Å². The second-order valence-electron chi connectivity index (χ2n) is 5.80. The lowest BCUT2D eigenvalue weighted by molar-refractivity contribution is -0.885. The number of nitrogens with one attached hydrogen (secondary N) is 1. The number of ether oxygens (including phenoxy) is 1. The van der Waals surface area contributed by atoms with Crippen molar-refractivity contribution in [2.75, 3.05) is 40.3 Å². The van der Waals surface area contributed by atoms with Crippen molar-refractivity contribution < 1.29 is 19.5 Å². The van der Waals surface area contributed by atoms with Crippen molar-refractivity contribution >= 4 is 5.97 Å². The molecule has 1 saturated heterocycles. The number of hydrogen-bond donors (Lipinski definition) is 1. The van der Waals surface area contributed by atoms with E-state index in [1.54, 1.807) is 23.1 Å². The van der Waals surface area contributed by atoms with Crippen molar-refractivity contribution in [3.05, 3.63) is 29.8 Å². The van der Waals surface area contributed by atoms with Gasteiger partial charge in [-0.15, -0.1) is 0 Å². The quantitative estimate of drug-likeness (QED) is 0.734. The van der Waals surface area contributed by atoms with Crippen LogP contribution in [0, 0.1) is 0 Å². The number of aromatic carboxylic acids is 1. The molecule has 5 nitrogen and oxygen atoms in total. The van der Waals surface area contributed by atoms with Crippen molar-refractivity contribution in [1.82, 2.24) is 4.90 Å². The zero-order chi connectivity index (χ0) is 15.2. The van der Waals surface area contributed by atoms with Gasteiger partial charge in [-0.05, 0) is 19.2 Å². The molecule has 0 unspecified atom stereocenters. The number of benzene rings is 1. The van der Waals surface area contributed by atoms with E-state index < -0.39 is 5.97 Å². The molecule has 1 aliphatic rings. The molecule has 1 aliphatic heterocycles. The molecular weight excluding hydrogens is 268 g/mol. The lowest BCUT2D eigenvalue weighted by Gasteiger charge is -2.33. The molecule has 0 atom stereocenters. The highest BCUT2D eigenvalue weighted by Crippen LogP contribution is 2.17. The third-order valence-corrected chi connectivity index (χ3v) is 4.24. The molecule has 1 aromatic carbocycles. The summed E-state index contributed by atoms with van der Waals surface area (Å²) in [5.41, 5.74) is 0.114. The Balaban J connectivity index is 1.80. The van der Waals surface area contributed by atoms with E-state index in [1.807, 2.05) is 0 Å². The van der Waals surface area contributed by atoms with Gasteiger partial charge in [0.25, 0.3) is 0 Å². The summed E-state index contributed by atoms with van der Waals surface area (Å²) in [4.78, 5) is 14.9. The normalized spacial score (nSPS) is 22.2. The van der Waals surface area contributed by atoms with E-state index in [4.69, 9.17) is 4.74 Å². The fourth-order valence-electron chi connectivity index (χ4n) is 2.78. The third kappa shape index (κ3) is 4.44. The molecule has 0 radical (unpaired) electrons. The molecule has 0 bridgehead atoms. The Hall–Kier alpha value is -1.59. The van der Waals surface area contributed by atoms with Crippen LogP contribution in [-0.4, -0.2) is 57.2 Å². The van der Waals surface area contributed by atoms with Gasteiger partial charge in [0.1, 0.15) is 12.4 Å². The van der Waals surface area contributed by atoms with Gasteiger partial charge >= 0.3 is 0 Å². The number of hydrogen-bond acceptors (Lipinski definition) is 4. The standard InChI is InChI=1S/C16H24N2O3/c1-17-9-7-13(8-10-17)18(2)11-12-21-15-6-4-3-5-14(15)16(19)20/h3-6,13H,7-12H2,1-2H3,(H,19,20). The van der Waals surface area contributed by atoms with E-state index in [-0.39, 0.29) is 5.56 Å². The second kappa shape index (κ2) is 7.43. The number of carbonyl (C=O) groups excluding carboxylic acids is 1. The Morgan fingerprint density at radius 1 is 1.38 bits per heavy atom. The molecule has 0 aliphatic carbocycles. The highest BCUT2D eigenvalue weighted by molar-refractivity contribution is 5.89. The molecule has 0 spiro atoms. The zero-order valence-corrected chi connectivity index (χ0v) is 12.8. The molecule has 1 heterocycles. The summed E-state index contributed by atoms with van der Waals surface area (Å²) >= 11 is 0. The van der Waals surface area contributed by atoms with Crippen LogP contribution in [0.2, 0.25) is 0 Å². The highest BCUT2D eigenvalue weighted by Gasteiger charge is 2.22. The zero-order valence-electron chi connectivity index (χ0n) is 12.8. The number of carboxylic acids is 1. The number of carbonyl (C=O) groups is 1. The predicted molar refractivity (Wildman–Crippen MR) is 78.5 cm³/mol. The van der Waals surface area contributed by atoms with Gasteiger partial charge in [-0.25, -0.2) is 0 Å². The first-order chi connectivity index (χ1) is 10.1. The van der Waals surface area contributed by atoms with Gasteiger partial charge in [-0.1, -0.05) is 12.1 Å². The summed E-state index contributed by atoms with van der Waals surface area (Å²) in [5.74, 6) is -0.809. The maximum Gasteiger partial charge on any atom is 0.128 e. The van der Waals surface area contributed by atoms with E-state index in [9.17, 15) is 9.90 Å². The molecular formula is C16H24N2O3. The largest absolute Gasteiger partial charge is 0.545 e. The average Bonchev–Trinajstić information content (AvgIpc) is 2.48. The minimum atomic E-state index is -1.20. The van der Waals surface area contributed by atoms with Gasteiger partial charge in [0.2, 0.25) is 0 Å². The van der Waals surface area contributed by atoms with Crippen LogP contribution >= 0.6 is 0 Å². The first-order valence-electron chi connectivity index (χ1n) is 7.52. The number of nitrogens with zero attached hydrogens (tertiary/aromatic N) is 1. The van der Waals surface area contributed by atoms with Crippen LogP contribution in [0.1, 0.15) is 23.2 Å². The number of likely N-dealkylation sites (N-methyl/N-ethyl adjacent to an activating group) is 1. The van der Waals surface area contributed by atoms with Gasteiger partial charge < -0.3 is 19.5 Å². The summed E-state index contributed by atoms with van der Waals surface area (Å²) < 4.78 is 5.61. The lowest BCUT2D eigenvalue weighted by Crippen LogP contribution is -3.10. The summed E-state index contributed by atoms with van der Waals surface area (Å²) in [5, 5.41) is 11.0. The second-order valence-corrected chi connectivity index (χ2v) is 5.80. The number of carboxylic acid groups (broad SMARTS) is 1. The van der Waals surface area contributed by atoms with Crippen molar-refractivity contribution in [3.8, 4) is 5.75 Å². The molecule has 21 heavy (non-hydrogen) atoms. The maximum atomic E-state index is 11.0. The first kappa shape index (κ1) is 15.8. The Bertz CT molecular complexity index is 470. The predicted octanol–water partition coefficient (Wildman–Crippen LogP) is -0.962. The van der Waals surface area contributed by atoms with E-state index in [1.165, 1.54) is 32.0 Å². The van der Waals surface area contributed by atoms with Crippen LogP contribution < -0.4 is 14.7 Å². The van der Waals surface area contributed by atoms with E-state index in [2.05, 4.69) is 19.0 Å². The summed E-state index contributed by atoms with van der Waals surface area (Å²) in [6.45, 7) is 3.71. The number of rotatable bonds is 6. The Labute approximate surface area is 126 Å². The van der Waals surface area contributed by atoms with Crippen LogP contribution in [-0.2, 0) is 0 Å². The van der Waals surface area contributed by atoms with E-state index in [0.29, 0.717) is 18.4 Å². The van der Waals surface area contributed by atoms with Crippen molar-refractivity contribution in [2.45, 2.75) is 18.9 Å². The van der Waals surface area contributed by atoms with Crippen molar-refractivity contribution in [2.24, 2.45) is 0 Å². The molecule has 1 fully saturated rings. The molecule has 0 saturated carbocycles. The Kier molecular flexibility index (Phi) is 5.59. The lowest BCUT2D eigenvalue weighted by atomic mass is 10.0. The molecule has 0 amide bonds. The molecule has 5 heteroatoms. The maximum absolute atomic E-state index is 11.0. The van der Waals surface area contributed by atoms with Crippen molar-refractivity contribution in [1.29, 1.82) is 0 Å². The van der Waals surface area contributed by atoms with Gasteiger partial charge in [0.15, 0.2) is 0 Å². The van der Waals surface area contributed by atoms with E-state index >= 15 is 0 Å². The summed E-state index contributed by atoms with van der Waals surface area (Å²) in [7, 11) is 4.34. The topological polar surface area (TPSA) is 57.0 Å². The van der Waals surface area contributed by atoms with Gasteiger partial charge in [-0.3, -0.25) is 4.90 Å².